The minimum absolute atomic E-state index is 1.19. The molecule has 156 valence electrons. The summed E-state index contributed by atoms with van der Waals surface area (Å²) in [7, 11) is 0. The fourth-order valence-corrected chi connectivity index (χ4v) is 3.85. The molecule has 0 fully saturated rings. The third-order valence-corrected chi connectivity index (χ3v) is 5.80. The molecule has 0 N–H and O–H groups in total. The summed E-state index contributed by atoms with van der Waals surface area (Å²) in [5.41, 5.74) is 1.49. The average Bonchev–Trinajstić information content (AvgIpc) is 2.70. The van der Waals surface area contributed by atoms with Gasteiger partial charge in [0, 0.05) is 18.6 Å². The molecule has 0 amide bonds. The van der Waals surface area contributed by atoms with E-state index in [4.69, 9.17) is 0 Å². The van der Waals surface area contributed by atoms with Gasteiger partial charge in [0.25, 0.3) is 0 Å². The molecule has 1 aromatic heterocycles. The Labute approximate surface area is 171 Å². The molecular formula is C26H48N+. The first-order valence-corrected chi connectivity index (χ1v) is 12.3. The molecular weight excluding hydrogens is 326 g/mol. The van der Waals surface area contributed by atoms with Crippen LogP contribution in [-0.4, -0.2) is 0 Å². The van der Waals surface area contributed by atoms with Gasteiger partial charge < -0.3 is 0 Å². The van der Waals surface area contributed by atoms with Crippen molar-refractivity contribution in [3.05, 3.63) is 30.1 Å². The van der Waals surface area contributed by atoms with Gasteiger partial charge in [0.1, 0.15) is 6.54 Å². The molecule has 0 spiro atoms. The molecule has 27 heavy (non-hydrogen) atoms. The van der Waals surface area contributed by atoms with E-state index in [0.29, 0.717) is 0 Å². The maximum Gasteiger partial charge on any atom is 0.169 e. The van der Waals surface area contributed by atoms with Gasteiger partial charge in [-0.2, -0.15) is 0 Å². The maximum absolute atomic E-state index is 2.36. The molecule has 1 rings (SSSR count). The first-order valence-electron chi connectivity index (χ1n) is 12.3. The summed E-state index contributed by atoms with van der Waals surface area (Å²) >= 11 is 0. The normalized spacial score (nSPS) is 11.2. The van der Waals surface area contributed by atoms with Crippen molar-refractivity contribution < 1.29 is 4.57 Å². The lowest BCUT2D eigenvalue weighted by molar-refractivity contribution is -0.697. The smallest absolute Gasteiger partial charge is 0.169 e. The average molecular weight is 375 g/mol. The number of hydrogen-bond acceptors (Lipinski definition) is 0. The number of hydrogen-bond donors (Lipinski definition) is 0. The van der Waals surface area contributed by atoms with Gasteiger partial charge in [-0.25, -0.2) is 4.57 Å². The third-order valence-electron chi connectivity index (χ3n) is 5.80. The van der Waals surface area contributed by atoms with E-state index in [1.807, 2.05) is 0 Å². The highest BCUT2D eigenvalue weighted by Crippen LogP contribution is 2.13. The van der Waals surface area contributed by atoms with Crippen LogP contribution in [0.4, 0.5) is 0 Å². The van der Waals surface area contributed by atoms with Gasteiger partial charge in [-0.15, -0.1) is 0 Å². The Morgan fingerprint density at radius 2 is 0.926 bits per heavy atom. The lowest BCUT2D eigenvalue weighted by atomic mass is 10.0. The minimum atomic E-state index is 1.19. The van der Waals surface area contributed by atoms with Crippen molar-refractivity contribution in [2.45, 2.75) is 136 Å². The van der Waals surface area contributed by atoms with Gasteiger partial charge in [0.15, 0.2) is 12.4 Å². The Hall–Kier alpha value is -0.850. The molecule has 0 aromatic carbocycles. The van der Waals surface area contributed by atoms with E-state index in [1.54, 1.807) is 0 Å². The van der Waals surface area contributed by atoms with Crippen molar-refractivity contribution in [3.63, 3.8) is 0 Å². The molecule has 0 saturated heterocycles. The molecule has 0 aliphatic rings. The Kier molecular flexibility index (Phi) is 16.6. The molecule has 0 radical (unpaired) electrons. The number of aromatic nitrogens is 1. The van der Waals surface area contributed by atoms with Crippen molar-refractivity contribution in [2.75, 3.05) is 0 Å². The van der Waals surface area contributed by atoms with Gasteiger partial charge in [-0.1, -0.05) is 104 Å². The van der Waals surface area contributed by atoms with Crippen LogP contribution in [0.15, 0.2) is 24.5 Å². The van der Waals surface area contributed by atoms with Crippen LogP contribution in [0, 0.1) is 0 Å². The van der Waals surface area contributed by atoms with Crippen LogP contribution >= 0.6 is 0 Å². The zero-order chi connectivity index (χ0) is 19.4. The lowest BCUT2D eigenvalue weighted by Gasteiger charge is -2.03. The van der Waals surface area contributed by atoms with E-state index in [2.05, 4.69) is 42.9 Å². The monoisotopic (exact) mass is 374 g/mol. The van der Waals surface area contributed by atoms with Crippen LogP contribution in [0.5, 0.6) is 0 Å². The van der Waals surface area contributed by atoms with E-state index in [1.165, 1.54) is 128 Å². The summed E-state index contributed by atoms with van der Waals surface area (Å²) < 4.78 is 2.36. The topological polar surface area (TPSA) is 3.88 Å². The molecule has 0 bridgehead atoms. The van der Waals surface area contributed by atoms with Gasteiger partial charge in [-0.3, -0.25) is 0 Å². The zero-order valence-corrected chi connectivity index (χ0v) is 18.7. The van der Waals surface area contributed by atoms with E-state index in [-0.39, 0.29) is 0 Å². The number of nitrogens with zero attached hydrogens (tertiary/aromatic N) is 1. The first kappa shape index (κ1) is 24.2. The fraction of sp³-hybridized carbons (Fsp3) is 0.808. The molecule has 0 saturated carbocycles. The summed E-state index contributed by atoms with van der Waals surface area (Å²) in [6.45, 7) is 5.75. The quantitative estimate of drug-likeness (QED) is 0.170. The van der Waals surface area contributed by atoms with Crippen molar-refractivity contribution in [2.24, 2.45) is 0 Å². The Balaban J connectivity index is 1.82. The van der Waals surface area contributed by atoms with Crippen LogP contribution in [0.2, 0.25) is 0 Å². The molecule has 1 heterocycles. The molecule has 0 aliphatic carbocycles. The van der Waals surface area contributed by atoms with Gasteiger partial charge in [0.05, 0.1) is 0 Å². The zero-order valence-electron chi connectivity index (χ0n) is 18.7. The van der Waals surface area contributed by atoms with Crippen molar-refractivity contribution >= 4 is 0 Å². The largest absolute Gasteiger partial charge is 0.205 e. The highest BCUT2D eigenvalue weighted by molar-refractivity contribution is 5.06. The lowest BCUT2D eigenvalue weighted by Crippen LogP contribution is -2.32. The van der Waals surface area contributed by atoms with E-state index in [9.17, 15) is 0 Å². The summed E-state index contributed by atoms with van der Waals surface area (Å²) in [5, 5.41) is 0. The number of pyridine rings is 1. The molecule has 1 heteroatoms. The van der Waals surface area contributed by atoms with E-state index >= 15 is 0 Å². The summed E-state index contributed by atoms with van der Waals surface area (Å²) in [4.78, 5) is 0. The first-order chi connectivity index (χ1) is 13.4. The molecule has 1 nitrogen and oxygen atoms in total. The fourth-order valence-electron chi connectivity index (χ4n) is 3.85. The Morgan fingerprint density at radius 1 is 0.519 bits per heavy atom. The maximum atomic E-state index is 2.36. The SMILES string of the molecule is CCCCCCCCCCCCCCCCC[n+]1ccc(CCCC)cc1. The van der Waals surface area contributed by atoms with Gasteiger partial charge >= 0.3 is 0 Å². The van der Waals surface area contributed by atoms with Crippen LogP contribution in [-0.2, 0) is 13.0 Å². The molecule has 0 unspecified atom stereocenters. The highest BCUT2D eigenvalue weighted by Gasteiger charge is 2.01. The Bertz CT molecular complexity index is 409. The second-order valence-electron chi connectivity index (χ2n) is 8.50. The number of rotatable bonds is 19. The molecule has 0 atom stereocenters. The predicted octanol–water partition coefficient (Wildman–Crippen LogP) is 8.19. The van der Waals surface area contributed by atoms with Crippen molar-refractivity contribution in [1.29, 1.82) is 0 Å². The summed E-state index contributed by atoms with van der Waals surface area (Å²) in [5.74, 6) is 0. The molecule has 0 aliphatic heterocycles. The highest BCUT2D eigenvalue weighted by atomic mass is 14.9. The van der Waals surface area contributed by atoms with Crippen LogP contribution in [0.25, 0.3) is 0 Å². The van der Waals surface area contributed by atoms with E-state index in [0.717, 1.165) is 0 Å². The second kappa shape index (κ2) is 18.5. The van der Waals surface area contributed by atoms with Crippen molar-refractivity contribution in [3.8, 4) is 0 Å². The number of aryl methyl sites for hydroxylation is 2. The predicted molar refractivity (Wildman–Crippen MR) is 120 cm³/mol. The van der Waals surface area contributed by atoms with Gasteiger partial charge in [0.2, 0.25) is 0 Å². The summed E-state index contributed by atoms with van der Waals surface area (Å²) in [6, 6.07) is 4.61. The van der Waals surface area contributed by atoms with Crippen LogP contribution in [0.3, 0.4) is 0 Å². The van der Waals surface area contributed by atoms with Crippen LogP contribution < -0.4 is 4.57 Å². The molecule has 1 aromatic rings. The number of unbranched alkanes of at least 4 members (excludes halogenated alkanes) is 15. The Morgan fingerprint density at radius 3 is 1.37 bits per heavy atom. The second-order valence-corrected chi connectivity index (χ2v) is 8.50. The minimum Gasteiger partial charge on any atom is -0.205 e. The van der Waals surface area contributed by atoms with Crippen molar-refractivity contribution in [1.82, 2.24) is 0 Å². The van der Waals surface area contributed by atoms with E-state index < -0.39 is 0 Å². The standard InChI is InChI=1S/C26H48N/c1-3-5-7-8-9-10-11-12-13-14-15-16-17-18-19-23-27-24-21-26(22-25-27)20-6-4-2/h21-22,24-25H,3-20,23H2,1-2H3/q+1. The van der Waals surface area contributed by atoms with Gasteiger partial charge in [-0.05, 0) is 24.8 Å². The van der Waals surface area contributed by atoms with Crippen LogP contribution in [0.1, 0.15) is 129 Å². The summed E-state index contributed by atoms with van der Waals surface area (Å²) in [6.07, 6.45) is 30.0. The third kappa shape index (κ3) is 14.8.